The summed E-state index contributed by atoms with van der Waals surface area (Å²) < 4.78 is 0. The SMILES string of the molecule is CCc1nc(C)c2c(C)c(C(=O)NNC(=O)c3cc(C)c(CC)s3)sc2n1. The van der Waals surface area contributed by atoms with Gasteiger partial charge in [-0.1, -0.05) is 13.8 Å². The van der Waals surface area contributed by atoms with Gasteiger partial charge >= 0.3 is 0 Å². The van der Waals surface area contributed by atoms with Gasteiger partial charge in [-0.25, -0.2) is 9.97 Å². The van der Waals surface area contributed by atoms with Crippen molar-refractivity contribution >= 4 is 44.7 Å². The lowest BCUT2D eigenvalue weighted by Crippen LogP contribution is -2.41. The maximum Gasteiger partial charge on any atom is 0.280 e. The Morgan fingerprint density at radius 2 is 1.70 bits per heavy atom. The molecule has 0 radical (unpaired) electrons. The molecular weight excluding hydrogens is 380 g/mol. The molecular formula is C19H22N4O2S2. The van der Waals surface area contributed by atoms with Crippen LogP contribution in [0, 0.1) is 20.8 Å². The van der Waals surface area contributed by atoms with Crippen molar-refractivity contribution in [2.24, 2.45) is 0 Å². The number of aryl methyl sites for hydroxylation is 5. The van der Waals surface area contributed by atoms with Gasteiger partial charge in [-0.15, -0.1) is 22.7 Å². The number of nitrogens with zero attached hydrogens (tertiary/aromatic N) is 2. The molecule has 3 aromatic rings. The first kappa shape index (κ1) is 19.4. The van der Waals surface area contributed by atoms with Gasteiger partial charge in [0, 0.05) is 22.4 Å². The van der Waals surface area contributed by atoms with Gasteiger partial charge in [0.2, 0.25) is 0 Å². The van der Waals surface area contributed by atoms with E-state index in [0.717, 1.165) is 45.7 Å². The summed E-state index contributed by atoms with van der Waals surface area (Å²) in [5.41, 5.74) is 7.84. The molecule has 3 heterocycles. The van der Waals surface area contributed by atoms with Crippen LogP contribution in [0.15, 0.2) is 6.07 Å². The third kappa shape index (κ3) is 3.72. The van der Waals surface area contributed by atoms with Crippen molar-refractivity contribution in [3.8, 4) is 0 Å². The number of hydrazine groups is 1. The molecule has 3 rings (SSSR count). The summed E-state index contributed by atoms with van der Waals surface area (Å²) in [6.45, 7) is 9.85. The third-order valence-corrected chi connectivity index (χ3v) is 6.96. The summed E-state index contributed by atoms with van der Waals surface area (Å²) in [7, 11) is 0. The highest BCUT2D eigenvalue weighted by molar-refractivity contribution is 7.20. The standard InChI is InChI=1S/C19H22N4O2S2/c1-6-12-9(3)8-13(26-12)17(24)22-23-18(25)16-10(4)15-11(5)20-14(7-2)21-19(15)27-16/h8H,6-7H2,1-5H3,(H,22,24)(H,23,25). The highest BCUT2D eigenvalue weighted by Crippen LogP contribution is 2.31. The third-order valence-electron chi connectivity index (χ3n) is 4.39. The lowest BCUT2D eigenvalue weighted by atomic mass is 10.1. The highest BCUT2D eigenvalue weighted by atomic mass is 32.1. The van der Waals surface area contributed by atoms with Crippen molar-refractivity contribution in [2.75, 3.05) is 0 Å². The van der Waals surface area contributed by atoms with Crippen LogP contribution >= 0.6 is 22.7 Å². The second-order valence-corrected chi connectivity index (χ2v) is 8.43. The second kappa shape index (κ2) is 7.74. The maximum absolute atomic E-state index is 12.6. The van der Waals surface area contributed by atoms with Crippen LogP contribution in [0.3, 0.4) is 0 Å². The number of aromatic nitrogens is 2. The molecule has 0 aliphatic carbocycles. The van der Waals surface area contributed by atoms with E-state index >= 15 is 0 Å². The number of rotatable bonds is 4. The molecule has 0 aliphatic heterocycles. The molecule has 0 bridgehead atoms. The number of hydrogen-bond donors (Lipinski definition) is 2. The Labute approximate surface area is 166 Å². The normalized spacial score (nSPS) is 11.0. The molecule has 2 amide bonds. The molecule has 142 valence electrons. The van der Waals surface area contributed by atoms with Crippen LogP contribution in [-0.4, -0.2) is 21.8 Å². The van der Waals surface area contributed by atoms with Crippen LogP contribution in [0.4, 0.5) is 0 Å². The van der Waals surface area contributed by atoms with E-state index < -0.39 is 0 Å². The quantitative estimate of drug-likeness (QED) is 0.649. The zero-order valence-corrected chi connectivity index (χ0v) is 17.7. The van der Waals surface area contributed by atoms with Crippen molar-refractivity contribution < 1.29 is 9.59 Å². The molecule has 0 fully saturated rings. The average Bonchev–Trinajstić information content (AvgIpc) is 3.19. The van der Waals surface area contributed by atoms with Gasteiger partial charge in [-0.3, -0.25) is 20.4 Å². The Hall–Kier alpha value is -2.32. The van der Waals surface area contributed by atoms with Gasteiger partial charge in [0.15, 0.2) is 0 Å². The fraction of sp³-hybridized carbons (Fsp3) is 0.368. The van der Waals surface area contributed by atoms with Crippen LogP contribution in [0.25, 0.3) is 10.2 Å². The molecule has 0 aromatic carbocycles. The van der Waals surface area contributed by atoms with Gasteiger partial charge in [0.05, 0.1) is 9.75 Å². The zero-order chi connectivity index (χ0) is 19.7. The lowest BCUT2D eigenvalue weighted by Gasteiger charge is -2.05. The highest BCUT2D eigenvalue weighted by Gasteiger charge is 2.20. The maximum atomic E-state index is 12.6. The fourth-order valence-electron chi connectivity index (χ4n) is 2.98. The minimum absolute atomic E-state index is 0.306. The molecule has 0 unspecified atom stereocenters. The molecule has 8 heteroatoms. The summed E-state index contributed by atoms with van der Waals surface area (Å²) in [6, 6.07) is 1.85. The first-order valence-electron chi connectivity index (χ1n) is 8.82. The summed E-state index contributed by atoms with van der Waals surface area (Å²) in [6.07, 6.45) is 1.63. The van der Waals surface area contributed by atoms with Crippen molar-refractivity contribution in [1.82, 2.24) is 20.8 Å². The second-order valence-electron chi connectivity index (χ2n) is 6.29. The smallest absolute Gasteiger partial charge is 0.266 e. The van der Waals surface area contributed by atoms with Crippen LogP contribution in [-0.2, 0) is 12.8 Å². The van der Waals surface area contributed by atoms with Crippen LogP contribution in [0.2, 0.25) is 0 Å². The van der Waals surface area contributed by atoms with Gasteiger partial charge < -0.3 is 0 Å². The molecule has 0 atom stereocenters. The number of carbonyl (C=O) groups excluding carboxylic acids is 2. The fourth-order valence-corrected chi connectivity index (χ4v) is 5.14. The minimum atomic E-state index is -0.342. The predicted molar refractivity (Wildman–Crippen MR) is 110 cm³/mol. The van der Waals surface area contributed by atoms with Crippen molar-refractivity contribution in [1.29, 1.82) is 0 Å². The number of nitrogens with one attached hydrogen (secondary N) is 2. The lowest BCUT2D eigenvalue weighted by molar-refractivity contribution is 0.0851. The molecule has 0 aliphatic rings. The molecule has 3 aromatic heterocycles. The van der Waals surface area contributed by atoms with Crippen LogP contribution < -0.4 is 10.9 Å². The van der Waals surface area contributed by atoms with Gasteiger partial charge in [-0.05, 0) is 44.4 Å². The summed E-state index contributed by atoms with van der Waals surface area (Å²) in [5, 5.41) is 0.912. The van der Waals surface area contributed by atoms with Gasteiger partial charge in [0.25, 0.3) is 11.8 Å². The largest absolute Gasteiger partial charge is 0.280 e. The monoisotopic (exact) mass is 402 g/mol. The molecule has 27 heavy (non-hydrogen) atoms. The van der Waals surface area contributed by atoms with E-state index in [0.29, 0.717) is 9.75 Å². The molecule has 0 saturated carbocycles. The van der Waals surface area contributed by atoms with Crippen molar-refractivity contribution in [2.45, 2.75) is 47.5 Å². The van der Waals surface area contributed by atoms with Gasteiger partial charge in [0.1, 0.15) is 10.7 Å². The Balaban J connectivity index is 1.78. The van der Waals surface area contributed by atoms with E-state index in [1.807, 2.05) is 33.8 Å². The first-order valence-corrected chi connectivity index (χ1v) is 10.5. The van der Waals surface area contributed by atoms with Crippen molar-refractivity contribution in [3.63, 3.8) is 0 Å². The number of amides is 2. The van der Waals surface area contributed by atoms with E-state index in [1.54, 1.807) is 0 Å². The summed E-state index contributed by atoms with van der Waals surface area (Å²) >= 11 is 2.77. The number of fused-ring (bicyclic) bond motifs is 1. The average molecular weight is 403 g/mol. The van der Waals surface area contributed by atoms with E-state index in [-0.39, 0.29) is 11.8 Å². The molecule has 0 spiro atoms. The van der Waals surface area contributed by atoms with E-state index in [1.165, 1.54) is 27.6 Å². The van der Waals surface area contributed by atoms with Gasteiger partial charge in [-0.2, -0.15) is 0 Å². The molecule has 6 nitrogen and oxygen atoms in total. The number of thiophene rings is 2. The Kier molecular flexibility index (Phi) is 5.57. The number of hydrogen-bond acceptors (Lipinski definition) is 6. The van der Waals surface area contributed by atoms with Crippen molar-refractivity contribution in [3.05, 3.63) is 43.3 Å². The summed E-state index contributed by atoms with van der Waals surface area (Å²) in [5.74, 6) is 0.116. The Morgan fingerprint density at radius 1 is 1.00 bits per heavy atom. The van der Waals surface area contributed by atoms with E-state index in [4.69, 9.17) is 0 Å². The topological polar surface area (TPSA) is 84.0 Å². The van der Waals surface area contributed by atoms with Crippen LogP contribution in [0.5, 0.6) is 0 Å². The minimum Gasteiger partial charge on any atom is -0.266 e. The van der Waals surface area contributed by atoms with E-state index in [2.05, 4.69) is 27.7 Å². The Bertz CT molecular complexity index is 1040. The molecule has 2 N–H and O–H groups in total. The predicted octanol–water partition coefficient (Wildman–Crippen LogP) is 3.88. The zero-order valence-electron chi connectivity index (χ0n) is 16.0. The Morgan fingerprint density at radius 3 is 2.33 bits per heavy atom. The number of carbonyl (C=O) groups is 2. The van der Waals surface area contributed by atoms with E-state index in [9.17, 15) is 9.59 Å². The first-order chi connectivity index (χ1) is 12.8. The summed E-state index contributed by atoms with van der Waals surface area (Å²) in [4.78, 5) is 37.0. The van der Waals surface area contributed by atoms with Crippen LogP contribution in [0.1, 0.15) is 60.7 Å². The molecule has 0 saturated heterocycles.